The average Bonchev–Trinajstić information content (AvgIpc) is 3.21. The van der Waals surface area contributed by atoms with Crippen molar-refractivity contribution in [3.05, 3.63) is 65.9 Å². The molecule has 1 aliphatic heterocycles. The van der Waals surface area contributed by atoms with Crippen LogP contribution in [0.5, 0.6) is 0 Å². The molecule has 0 radical (unpaired) electrons. The molecule has 6 nitrogen and oxygen atoms in total. The van der Waals surface area contributed by atoms with Crippen molar-refractivity contribution in [1.82, 2.24) is 15.6 Å². The van der Waals surface area contributed by atoms with Gasteiger partial charge in [0.25, 0.3) is 0 Å². The van der Waals surface area contributed by atoms with E-state index >= 15 is 0 Å². The summed E-state index contributed by atoms with van der Waals surface area (Å²) >= 11 is 0. The van der Waals surface area contributed by atoms with Crippen LogP contribution >= 0.6 is 24.0 Å². The molecule has 0 atom stereocenters. The minimum atomic E-state index is 0. The second-order valence-electron chi connectivity index (χ2n) is 7.46. The predicted octanol–water partition coefficient (Wildman–Crippen LogP) is 3.92. The Hall–Kier alpha value is -2.26. The summed E-state index contributed by atoms with van der Waals surface area (Å²) in [6, 6.07) is 17.0. The van der Waals surface area contributed by atoms with Gasteiger partial charge in [0.2, 0.25) is 0 Å². The smallest absolute Gasteiger partial charge is 0.191 e. The third-order valence-corrected chi connectivity index (χ3v) is 5.46. The monoisotopic (exact) mass is 533 g/mol. The maximum atomic E-state index is 5.50. The molecule has 0 amide bonds. The third kappa shape index (κ3) is 6.13. The van der Waals surface area contributed by atoms with Gasteiger partial charge in [-0.2, -0.15) is 0 Å². The molecule has 31 heavy (non-hydrogen) atoms. The minimum Gasteiger partial charge on any atom is -0.378 e. The molecule has 0 bridgehead atoms. The summed E-state index contributed by atoms with van der Waals surface area (Å²) < 4.78 is 5.50. The first-order valence-corrected chi connectivity index (χ1v) is 10.8. The molecule has 7 heteroatoms. The van der Waals surface area contributed by atoms with Crippen molar-refractivity contribution in [3.63, 3.8) is 0 Å². The summed E-state index contributed by atoms with van der Waals surface area (Å²) in [7, 11) is 0. The summed E-state index contributed by atoms with van der Waals surface area (Å²) in [4.78, 5) is 10.6. The minimum absolute atomic E-state index is 0. The lowest BCUT2D eigenvalue weighted by atomic mass is 10.1. The van der Waals surface area contributed by atoms with E-state index in [9.17, 15) is 0 Å². The number of anilines is 1. The average molecular weight is 533 g/mol. The Morgan fingerprint density at radius 1 is 1.03 bits per heavy atom. The van der Waals surface area contributed by atoms with Gasteiger partial charge >= 0.3 is 0 Å². The number of hydrogen-bond donors (Lipinski definition) is 3. The summed E-state index contributed by atoms with van der Waals surface area (Å²) in [6.45, 7) is 7.86. The number of benzene rings is 2. The van der Waals surface area contributed by atoms with Gasteiger partial charge < -0.3 is 25.3 Å². The Balaban J connectivity index is 0.00000272. The van der Waals surface area contributed by atoms with Crippen molar-refractivity contribution in [2.24, 2.45) is 4.99 Å². The molecular weight excluding hydrogens is 501 g/mol. The van der Waals surface area contributed by atoms with E-state index in [4.69, 9.17) is 9.73 Å². The molecule has 1 aromatic heterocycles. The highest BCUT2D eigenvalue weighted by atomic mass is 127. The molecule has 1 aliphatic rings. The normalized spacial score (nSPS) is 14.4. The van der Waals surface area contributed by atoms with Gasteiger partial charge in [-0.1, -0.05) is 36.4 Å². The summed E-state index contributed by atoms with van der Waals surface area (Å²) in [5.41, 5.74) is 5.02. The van der Waals surface area contributed by atoms with Crippen LogP contribution in [-0.4, -0.2) is 50.3 Å². The number of fused-ring (bicyclic) bond motifs is 1. The number of para-hydroxylation sites is 2. The van der Waals surface area contributed by atoms with Crippen LogP contribution in [0.25, 0.3) is 10.9 Å². The van der Waals surface area contributed by atoms with E-state index in [0.29, 0.717) is 6.54 Å². The molecule has 0 unspecified atom stereocenters. The first-order valence-electron chi connectivity index (χ1n) is 10.8. The molecular formula is C24H32IN5O. The molecule has 0 spiro atoms. The van der Waals surface area contributed by atoms with Gasteiger partial charge in [-0.25, -0.2) is 4.99 Å². The lowest BCUT2D eigenvalue weighted by Crippen LogP contribution is -2.38. The van der Waals surface area contributed by atoms with Crippen LogP contribution in [0.4, 0.5) is 5.69 Å². The van der Waals surface area contributed by atoms with E-state index in [1.807, 2.05) is 0 Å². The number of halogens is 1. The van der Waals surface area contributed by atoms with Crippen LogP contribution in [-0.2, 0) is 17.7 Å². The van der Waals surface area contributed by atoms with Crippen molar-refractivity contribution in [2.45, 2.75) is 19.9 Å². The summed E-state index contributed by atoms with van der Waals surface area (Å²) in [6.07, 6.45) is 3.05. The molecule has 2 aromatic carbocycles. The molecule has 2 heterocycles. The number of nitrogens with one attached hydrogen (secondary N) is 3. The van der Waals surface area contributed by atoms with Crippen LogP contribution in [0.2, 0.25) is 0 Å². The topological polar surface area (TPSA) is 64.7 Å². The zero-order chi connectivity index (χ0) is 20.6. The second kappa shape index (κ2) is 12.0. The number of aromatic amines is 1. The van der Waals surface area contributed by atoms with E-state index in [1.165, 1.54) is 27.7 Å². The first-order chi connectivity index (χ1) is 14.8. The number of rotatable bonds is 7. The van der Waals surface area contributed by atoms with Crippen molar-refractivity contribution >= 4 is 46.5 Å². The highest BCUT2D eigenvalue weighted by Gasteiger charge is 2.14. The fourth-order valence-electron chi connectivity index (χ4n) is 3.92. The Morgan fingerprint density at radius 2 is 1.81 bits per heavy atom. The molecule has 3 aromatic rings. The van der Waals surface area contributed by atoms with Crippen LogP contribution in [0.3, 0.4) is 0 Å². The Labute approximate surface area is 201 Å². The lowest BCUT2D eigenvalue weighted by Gasteiger charge is -2.30. The van der Waals surface area contributed by atoms with Crippen molar-refractivity contribution < 1.29 is 4.74 Å². The summed E-state index contributed by atoms with van der Waals surface area (Å²) in [5.74, 6) is 0.856. The summed E-state index contributed by atoms with van der Waals surface area (Å²) in [5, 5.41) is 8.14. The zero-order valence-electron chi connectivity index (χ0n) is 18.1. The highest BCUT2D eigenvalue weighted by Crippen LogP contribution is 2.22. The number of morpholine rings is 1. The van der Waals surface area contributed by atoms with Gasteiger partial charge in [0.15, 0.2) is 5.96 Å². The molecule has 166 valence electrons. The van der Waals surface area contributed by atoms with Crippen LogP contribution in [0.15, 0.2) is 59.7 Å². The van der Waals surface area contributed by atoms with Crippen molar-refractivity contribution in [1.29, 1.82) is 0 Å². The third-order valence-electron chi connectivity index (χ3n) is 5.46. The number of aliphatic imine (C=N–C) groups is 1. The Kier molecular flexibility index (Phi) is 9.02. The fraction of sp³-hybridized carbons (Fsp3) is 0.375. The Bertz CT molecular complexity index is 981. The quantitative estimate of drug-likeness (QED) is 0.245. The number of aromatic nitrogens is 1. The van der Waals surface area contributed by atoms with Crippen molar-refractivity contribution in [3.8, 4) is 0 Å². The molecule has 3 N–H and O–H groups in total. The molecule has 1 fully saturated rings. The zero-order valence-corrected chi connectivity index (χ0v) is 20.4. The highest BCUT2D eigenvalue weighted by molar-refractivity contribution is 14.0. The molecule has 0 saturated carbocycles. The van der Waals surface area contributed by atoms with E-state index in [-0.39, 0.29) is 24.0 Å². The number of ether oxygens (including phenoxy) is 1. The van der Waals surface area contributed by atoms with Gasteiger partial charge in [-0.05, 0) is 36.6 Å². The molecule has 1 saturated heterocycles. The SMILES string of the molecule is CCNC(=NCc1ccccc1N1CCOCC1)NCCc1c[nH]c2ccccc12.I. The van der Waals surface area contributed by atoms with E-state index in [0.717, 1.165) is 51.8 Å². The number of hydrogen-bond acceptors (Lipinski definition) is 3. The predicted molar refractivity (Wildman–Crippen MR) is 140 cm³/mol. The van der Waals surface area contributed by atoms with Gasteiger partial charge in [-0.3, -0.25) is 0 Å². The standard InChI is InChI=1S/C24H31N5O.HI/c1-2-25-24(26-12-11-19-17-27-22-9-5-4-8-21(19)22)28-18-20-7-3-6-10-23(20)29-13-15-30-16-14-29;/h3-10,17,27H,2,11-16,18H2,1H3,(H2,25,26,28);1H. The molecule has 4 rings (SSSR count). The van der Waals surface area contributed by atoms with Gasteiger partial charge in [-0.15, -0.1) is 24.0 Å². The van der Waals surface area contributed by atoms with Crippen molar-refractivity contribution in [2.75, 3.05) is 44.3 Å². The fourth-order valence-corrected chi connectivity index (χ4v) is 3.92. The number of H-pyrrole nitrogens is 1. The Morgan fingerprint density at radius 3 is 2.65 bits per heavy atom. The van der Waals surface area contributed by atoms with E-state index < -0.39 is 0 Å². The largest absolute Gasteiger partial charge is 0.378 e. The lowest BCUT2D eigenvalue weighted by molar-refractivity contribution is 0.122. The van der Waals surface area contributed by atoms with Gasteiger partial charge in [0.1, 0.15) is 0 Å². The molecule has 0 aliphatic carbocycles. The maximum absolute atomic E-state index is 5.50. The van der Waals surface area contributed by atoms with Crippen LogP contribution in [0, 0.1) is 0 Å². The van der Waals surface area contributed by atoms with E-state index in [1.54, 1.807) is 0 Å². The number of nitrogens with zero attached hydrogens (tertiary/aromatic N) is 2. The maximum Gasteiger partial charge on any atom is 0.191 e. The van der Waals surface area contributed by atoms with Gasteiger partial charge in [0.05, 0.1) is 19.8 Å². The van der Waals surface area contributed by atoms with Crippen LogP contribution in [0.1, 0.15) is 18.1 Å². The first kappa shape index (κ1) is 23.4. The van der Waals surface area contributed by atoms with Crippen LogP contribution < -0.4 is 15.5 Å². The number of guanidine groups is 1. The van der Waals surface area contributed by atoms with E-state index in [2.05, 4.69) is 82.2 Å². The second-order valence-corrected chi connectivity index (χ2v) is 7.46. The van der Waals surface area contributed by atoms with Gasteiger partial charge in [0, 0.05) is 49.0 Å².